The molecule has 166 valence electrons. The molecule has 5 nitrogen and oxygen atoms in total. The van der Waals surface area contributed by atoms with Crippen molar-refractivity contribution in [1.82, 2.24) is 10.2 Å². The number of hydrogen-bond acceptors (Lipinski definition) is 5. The zero-order valence-corrected chi connectivity index (χ0v) is 20.4. The van der Waals surface area contributed by atoms with Gasteiger partial charge in [0.1, 0.15) is 10.1 Å². The number of benzene rings is 2. The van der Waals surface area contributed by atoms with Gasteiger partial charge < -0.3 is 10.1 Å². The Hall–Kier alpha value is -2.03. The topological polar surface area (TPSA) is 58.6 Å². The normalized spacial score (nSPS) is 16.2. The van der Waals surface area contributed by atoms with Crippen LogP contribution in [0.3, 0.4) is 0 Å². The highest BCUT2D eigenvalue weighted by atomic mass is 35.6. The van der Waals surface area contributed by atoms with Crippen molar-refractivity contribution >= 4 is 81.0 Å². The van der Waals surface area contributed by atoms with Crippen molar-refractivity contribution in [3.8, 4) is 5.75 Å². The van der Waals surface area contributed by atoms with E-state index in [1.54, 1.807) is 66.7 Å². The molecule has 0 spiro atoms. The van der Waals surface area contributed by atoms with Gasteiger partial charge in [0.05, 0.1) is 4.91 Å². The molecule has 2 amide bonds. The van der Waals surface area contributed by atoms with E-state index in [0.29, 0.717) is 27.1 Å². The van der Waals surface area contributed by atoms with Crippen LogP contribution in [-0.2, 0) is 4.79 Å². The Kier molecular flexibility index (Phi) is 8.25. The lowest BCUT2D eigenvalue weighted by atomic mass is 10.2. The van der Waals surface area contributed by atoms with Gasteiger partial charge in [-0.1, -0.05) is 95.2 Å². The van der Waals surface area contributed by atoms with E-state index in [2.05, 4.69) is 11.9 Å². The minimum Gasteiger partial charge on any atom is -0.466 e. The maximum absolute atomic E-state index is 12.4. The van der Waals surface area contributed by atoms with Gasteiger partial charge in [0.15, 0.2) is 0 Å². The van der Waals surface area contributed by atoms with Crippen LogP contribution in [0.4, 0.5) is 0 Å². The highest BCUT2D eigenvalue weighted by molar-refractivity contribution is 8.26. The molecule has 10 heteroatoms. The first kappa shape index (κ1) is 24.6. The first-order chi connectivity index (χ1) is 15.2. The number of carbonyl (C=O) groups excluding carboxylic acids is 2. The van der Waals surface area contributed by atoms with Crippen LogP contribution in [0.1, 0.15) is 15.9 Å². The number of nitrogens with zero attached hydrogens (tertiary/aromatic N) is 1. The van der Waals surface area contributed by atoms with Gasteiger partial charge in [0.25, 0.3) is 11.8 Å². The van der Waals surface area contributed by atoms with Gasteiger partial charge in [-0.25, -0.2) is 0 Å². The van der Waals surface area contributed by atoms with E-state index in [9.17, 15) is 9.59 Å². The number of hydrogen-bond donors (Lipinski definition) is 1. The third-order valence-corrected chi connectivity index (χ3v) is 6.18. The number of carbonyl (C=O) groups is 2. The lowest BCUT2D eigenvalue weighted by Crippen LogP contribution is -2.47. The Balaban J connectivity index is 1.71. The molecule has 0 bridgehead atoms. The summed E-state index contributed by atoms with van der Waals surface area (Å²) in [7, 11) is 0. The van der Waals surface area contributed by atoms with Crippen molar-refractivity contribution in [3.63, 3.8) is 0 Å². The van der Waals surface area contributed by atoms with Gasteiger partial charge in [-0.15, -0.1) is 6.58 Å². The molecule has 0 aromatic heterocycles. The summed E-state index contributed by atoms with van der Waals surface area (Å²) in [5.74, 6) is -0.244. The number of alkyl halides is 3. The molecule has 2 aromatic carbocycles. The number of amides is 2. The largest absolute Gasteiger partial charge is 0.466 e. The number of rotatable bonds is 7. The van der Waals surface area contributed by atoms with E-state index < -0.39 is 15.9 Å². The summed E-state index contributed by atoms with van der Waals surface area (Å²) in [4.78, 5) is 26.9. The first-order valence-corrected chi connectivity index (χ1v) is 11.6. The van der Waals surface area contributed by atoms with Crippen LogP contribution in [0.2, 0.25) is 0 Å². The van der Waals surface area contributed by atoms with Crippen molar-refractivity contribution in [2.45, 2.75) is 10.0 Å². The van der Waals surface area contributed by atoms with Gasteiger partial charge >= 0.3 is 0 Å². The number of thioether (sulfide) groups is 1. The predicted octanol–water partition coefficient (Wildman–Crippen LogP) is 5.58. The molecule has 1 atom stereocenters. The summed E-state index contributed by atoms with van der Waals surface area (Å²) >= 11 is 24.5. The fourth-order valence-electron chi connectivity index (χ4n) is 2.69. The Labute approximate surface area is 210 Å². The summed E-state index contributed by atoms with van der Waals surface area (Å²) in [6, 6.07) is 15.3. The fourth-order valence-corrected chi connectivity index (χ4v) is 4.26. The van der Waals surface area contributed by atoms with Crippen molar-refractivity contribution in [3.05, 3.63) is 83.3 Å². The fraction of sp³-hybridized carbons (Fsp3) is 0.136. The molecule has 1 saturated heterocycles. The first-order valence-electron chi connectivity index (χ1n) is 9.24. The Morgan fingerprint density at radius 1 is 1.19 bits per heavy atom. The van der Waals surface area contributed by atoms with Crippen molar-refractivity contribution in [2.24, 2.45) is 0 Å². The van der Waals surface area contributed by atoms with Gasteiger partial charge in [-0.05, 0) is 35.9 Å². The van der Waals surface area contributed by atoms with E-state index in [-0.39, 0.29) is 5.91 Å². The average Bonchev–Trinajstić information content (AvgIpc) is 3.02. The molecule has 0 saturated carbocycles. The number of thiocarbonyl (C=S) groups is 1. The summed E-state index contributed by atoms with van der Waals surface area (Å²) in [6.07, 6.45) is 2.12. The van der Waals surface area contributed by atoms with Gasteiger partial charge in [0, 0.05) is 12.1 Å². The van der Waals surface area contributed by atoms with Gasteiger partial charge in [-0.2, -0.15) is 0 Å². The number of nitrogens with one attached hydrogen (secondary N) is 1. The highest BCUT2D eigenvalue weighted by Gasteiger charge is 2.36. The van der Waals surface area contributed by atoms with Crippen LogP contribution in [0.25, 0.3) is 6.08 Å². The molecular formula is C22H17Cl3N2O3S2. The van der Waals surface area contributed by atoms with Gasteiger partial charge in [-0.3, -0.25) is 14.5 Å². The second-order valence-electron chi connectivity index (χ2n) is 6.53. The molecule has 1 aliphatic heterocycles. The third-order valence-electron chi connectivity index (χ3n) is 4.21. The van der Waals surface area contributed by atoms with Crippen LogP contribution in [0.15, 0.2) is 72.2 Å². The molecular weight excluding hydrogens is 511 g/mol. The summed E-state index contributed by atoms with van der Waals surface area (Å²) in [5, 5.41) is 2.58. The molecule has 1 aliphatic rings. The lowest BCUT2D eigenvalue weighted by Gasteiger charge is -2.26. The lowest BCUT2D eigenvalue weighted by molar-refractivity contribution is -0.121. The van der Waals surface area contributed by atoms with E-state index in [1.807, 2.05) is 0 Å². The minimum absolute atomic E-state index is 0.167. The molecule has 32 heavy (non-hydrogen) atoms. The Morgan fingerprint density at radius 2 is 1.84 bits per heavy atom. The number of halogens is 3. The van der Waals surface area contributed by atoms with Crippen molar-refractivity contribution in [1.29, 1.82) is 0 Å². The van der Waals surface area contributed by atoms with Crippen LogP contribution < -0.4 is 10.1 Å². The molecule has 1 fully saturated rings. The smallest absolute Gasteiger partial charge is 0.266 e. The van der Waals surface area contributed by atoms with Crippen LogP contribution in [0.5, 0.6) is 5.75 Å². The summed E-state index contributed by atoms with van der Waals surface area (Å²) in [5.41, 5.74) is 1.16. The molecule has 3 rings (SSSR count). The maximum Gasteiger partial charge on any atom is 0.266 e. The molecule has 1 heterocycles. The minimum atomic E-state index is -1.91. The van der Waals surface area contributed by atoms with Crippen LogP contribution in [0, 0.1) is 0 Å². The quantitative estimate of drug-likeness (QED) is 0.167. The van der Waals surface area contributed by atoms with E-state index >= 15 is 0 Å². The van der Waals surface area contributed by atoms with Crippen molar-refractivity contribution < 1.29 is 14.3 Å². The van der Waals surface area contributed by atoms with Gasteiger partial charge in [0.2, 0.25) is 10.0 Å². The second-order valence-corrected chi connectivity index (χ2v) is 10.6. The molecule has 2 aromatic rings. The van der Waals surface area contributed by atoms with E-state index in [1.165, 1.54) is 16.7 Å². The van der Waals surface area contributed by atoms with Crippen LogP contribution in [-0.4, -0.2) is 37.6 Å². The molecule has 0 radical (unpaired) electrons. The SMILES string of the molecule is C=CCN1C(=O)/C(=C/c2ccc(O[C@@H](NC(=O)c3ccccc3)C(Cl)(Cl)Cl)cc2)SC1=S. The van der Waals surface area contributed by atoms with E-state index in [0.717, 1.165) is 5.56 Å². The third kappa shape index (κ3) is 6.27. The molecule has 0 unspecified atom stereocenters. The summed E-state index contributed by atoms with van der Waals surface area (Å²) < 4.78 is 4.29. The Bertz CT molecular complexity index is 1050. The predicted molar refractivity (Wildman–Crippen MR) is 135 cm³/mol. The monoisotopic (exact) mass is 526 g/mol. The van der Waals surface area contributed by atoms with E-state index in [4.69, 9.17) is 51.8 Å². The maximum atomic E-state index is 12.4. The molecule has 0 aliphatic carbocycles. The zero-order chi connectivity index (χ0) is 23.3. The van der Waals surface area contributed by atoms with Crippen molar-refractivity contribution in [2.75, 3.05) is 6.54 Å². The standard InChI is InChI=1S/C22H17Cl3N2O3S2/c1-2-12-27-19(29)17(32-21(27)31)13-14-8-10-16(11-9-14)30-20(22(23,24)25)26-18(28)15-6-4-3-5-7-15/h2-11,13,20H,1,12H2,(H,26,28)/b17-13-/t20-/m1/s1. The zero-order valence-electron chi connectivity index (χ0n) is 16.5. The molecule has 1 N–H and O–H groups in total. The Morgan fingerprint density at radius 3 is 2.44 bits per heavy atom. The highest BCUT2D eigenvalue weighted by Crippen LogP contribution is 2.34. The number of ether oxygens (including phenoxy) is 1. The van der Waals surface area contributed by atoms with Crippen LogP contribution >= 0.6 is 58.8 Å². The average molecular weight is 528 g/mol. The second kappa shape index (κ2) is 10.7. The summed E-state index contributed by atoms with van der Waals surface area (Å²) in [6.45, 7) is 4.00.